The van der Waals surface area contributed by atoms with Crippen LogP contribution in [0.4, 0.5) is 0 Å². The number of likely N-dealkylation sites (tertiary alicyclic amines) is 1. The van der Waals surface area contributed by atoms with Crippen LogP contribution in [0.5, 0.6) is 0 Å². The van der Waals surface area contributed by atoms with E-state index in [9.17, 15) is 10.1 Å². The first kappa shape index (κ1) is 14.5. The van der Waals surface area contributed by atoms with Gasteiger partial charge in [0.05, 0.1) is 18.6 Å². The van der Waals surface area contributed by atoms with Gasteiger partial charge in [-0.25, -0.2) is 0 Å². The van der Waals surface area contributed by atoms with Gasteiger partial charge in [0.15, 0.2) is 0 Å². The fourth-order valence-electron chi connectivity index (χ4n) is 2.66. The molecule has 1 aromatic rings. The molecule has 0 aliphatic carbocycles. The van der Waals surface area contributed by atoms with Crippen LogP contribution in [0.15, 0.2) is 30.3 Å². The summed E-state index contributed by atoms with van der Waals surface area (Å²) in [4.78, 5) is 13.9. The van der Waals surface area contributed by atoms with Crippen molar-refractivity contribution in [3.8, 4) is 6.07 Å². The summed E-state index contributed by atoms with van der Waals surface area (Å²) in [5, 5.41) is 9.41. The third-order valence-corrected chi connectivity index (χ3v) is 3.75. The van der Waals surface area contributed by atoms with E-state index >= 15 is 0 Å². The van der Waals surface area contributed by atoms with E-state index < -0.39 is 0 Å². The second-order valence-electron chi connectivity index (χ2n) is 5.00. The highest BCUT2D eigenvalue weighted by Gasteiger charge is 2.29. The van der Waals surface area contributed by atoms with Crippen molar-refractivity contribution in [1.82, 2.24) is 4.90 Å². The zero-order valence-electron chi connectivity index (χ0n) is 11.8. The molecule has 1 aliphatic rings. The van der Waals surface area contributed by atoms with E-state index in [2.05, 4.69) is 11.0 Å². The summed E-state index contributed by atoms with van der Waals surface area (Å²) in [5.74, 6) is -0.110. The normalized spacial score (nSPS) is 18.2. The number of nitriles is 1. The Morgan fingerprint density at radius 2 is 2.05 bits per heavy atom. The molecule has 0 bridgehead atoms. The van der Waals surface area contributed by atoms with Crippen LogP contribution in [0.2, 0.25) is 0 Å². The summed E-state index contributed by atoms with van der Waals surface area (Å²) in [7, 11) is 0. The van der Waals surface area contributed by atoms with Crippen LogP contribution in [0, 0.1) is 17.2 Å². The average molecular weight is 272 g/mol. The minimum absolute atomic E-state index is 0.0127. The fourth-order valence-corrected chi connectivity index (χ4v) is 2.66. The van der Waals surface area contributed by atoms with Crippen LogP contribution >= 0.6 is 0 Å². The molecule has 1 fully saturated rings. The quantitative estimate of drug-likeness (QED) is 0.790. The SMILES string of the molecule is CCOC(=O)C1CCN([C@H](C#N)c2ccccc2)CC1. The van der Waals surface area contributed by atoms with Crippen molar-refractivity contribution in [3.05, 3.63) is 35.9 Å². The van der Waals surface area contributed by atoms with Gasteiger partial charge in [0.25, 0.3) is 0 Å². The number of benzene rings is 1. The Kier molecular flexibility index (Phi) is 5.14. The van der Waals surface area contributed by atoms with Gasteiger partial charge in [-0.2, -0.15) is 5.26 Å². The fraction of sp³-hybridized carbons (Fsp3) is 0.500. The lowest BCUT2D eigenvalue weighted by molar-refractivity contribution is -0.149. The van der Waals surface area contributed by atoms with Crippen LogP contribution in [0.3, 0.4) is 0 Å². The molecule has 1 heterocycles. The van der Waals surface area contributed by atoms with E-state index in [0.29, 0.717) is 6.61 Å². The summed E-state index contributed by atoms with van der Waals surface area (Å²) < 4.78 is 5.07. The highest BCUT2D eigenvalue weighted by atomic mass is 16.5. The van der Waals surface area contributed by atoms with Crippen LogP contribution in [0.25, 0.3) is 0 Å². The lowest BCUT2D eigenvalue weighted by Gasteiger charge is -2.33. The van der Waals surface area contributed by atoms with Gasteiger partial charge in [0, 0.05) is 13.1 Å². The number of carbonyl (C=O) groups is 1. The van der Waals surface area contributed by atoms with Crippen molar-refractivity contribution < 1.29 is 9.53 Å². The first-order valence-electron chi connectivity index (χ1n) is 7.11. The molecule has 2 rings (SSSR count). The predicted molar refractivity (Wildman–Crippen MR) is 75.7 cm³/mol. The van der Waals surface area contributed by atoms with Gasteiger partial charge in [-0.1, -0.05) is 30.3 Å². The van der Waals surface area contributed by atoms with E-state index in [1.807, 2.05) is 37.3 Å². The Bertz CT molecular complexity index is 473. The Morgan fingerprint density at radius 1 is 1.40 bits per heavy atom. The summed E-state index contributed by atoms with van der Waals surface area (Å²) >= 11 is 0. The maximum atomic E-state index is 11.7. The molecule has 0 radical (unpaired) electrons. The smallest absolute Gasteiger partial charge is 0.309 e. The molecule has 0 aromatic heterocycles. The van der Waals surface area contributed by atoms with Gasteiger partial charge in [0.1, 0.15) is 6.04 Å². The Balaban J connectivity index is 1.96. The Hall–Kier alpha value is -1.86. The van der Waals surface area contributed by atoms with E-state index in [0.717, 1.165) is 31.5 Å². The molecule has 4 nitrogen and oxygen atoms in total. The monoisotopic (exact) mass is 272 g/mol. The summed E-state index contributed by atoms with van der Waals surface area (Å²) in [6.45, 7) is 3.78. The van der Waals surface area contributed by atoms with Gasteiger partial charge in [0.2, 0.25) is 0 Å². The third kappa shape index (κ3) is 3.37. The first-order valence-corrected chi connectivity index (χ1v) is 7.11. The Morgan fingerprint density at radius 3 is 2.60 bits per heavy atom. The van der Waals surface area contributed by atoms with E-state index in [4.69, 9.17) is 4.74 Å². The van der Waals surface area contributed by atoms with E-state index in [1.54, 1.807) is 0 Å². The molecule has 0 unspecified atom stereocenters. The van der Waals surface area contributed by atoms with Crippen LogP contribution < -0.4 is 0 Å². The van der Waals surface area contributed by atoms with Crippen molar-refractivity contribution >= 4 is 5.97 Å². The molecule has 0 saturated carbocycles. The van der Waals surface area contributed by atoms with Crippen LogP contribution in [-0.4, -0.2) is 30.6 Å². The molecular formula is C16H20N2O2. The standard InChI is InChI=1S/C16H20N2O2/c1-2-20-16(19)14-8-10-18(11-9-14)15(12-17)13-6-4-3-5-7-13/h3-7,14-15H,2,8-11H2,1H3/t15-/m1/s1. The van der Waals surface area contributed by atoms with Gasteiger partial charge in [-0.3, -0.25) is 9.69 Å². The molecule has 0 spiro atoms. The second-order valence-corrected chi connectivity index (χ2v) is 5.00. The second kappa shape index (κ2) is 7.06. The molecule has 1 atom stereocenters. The minimum Gasteiger partial charge on any atom is -0.466 e. The molecule has 1 aromatic carbocycles. The van der Waals surface area contributed by atoms with Gasteiger partial charge in [-0.15, -0.1) is 0 Å². The number of esters is 1. The van der Waals surface area contributed by atoms with Crippen molar-refractivity contribution in [2.24, 2.45) is 5.92 Å². The first-order chi connectivity index (χ1) is 9.76. The predicted octanol–water partition coefficient (Wildman–Crippen LogP) is 2.53. The average Bonchev–Trinajstić information content (AvgIpc) is 2.50. The largest absolute Gasteiger partial charge is 0.466 e. The molecule has 20 heavy (non-hydrogen) atoms. The zero-order chi connectivity index (χ0) is 14.4. The third-order valence-electron chi connectivity index (χ3n) is 3.75. The maximum absolute atomic E-state index is 11.7. The summed E-state index contributed by atoms with van der Waals surface area (Å²) in [6.07, 6.45) is 1.54. The number of carbonyl (C=O) groups excluding carboxylic acids is 1. The molecule has 4 heteroatoms. The lowest BCUT2D eigenvalue weighted by Crippen LogP contribution is -2.38. The van der Waals surface area contributed by atoms with Crippen molar-refractivity contribution in [2.75, 3.05) is 19.7 Å². The topological polar surface area (TPSA) is 53.3 Å². The molecular weight excluding hydrogens is 252 g/mol. The highest BCUT2D eigenvalue weighted by Crippen LogP contribution is 2.26. The number of piperidine rings is 1. The minimum atomic E-state index is -0.223. The van der Waals surface area contributed by atoms with Crippen LogP contribution in [-0.2, 0) is 9.53 Å². The molecule has 106 valence electrons. The highest BCUT2D eigenvalue weighted by molar-refractivity contribution is 5.72. The van der Waals surface area contributed by atoms with Gasteiger partial charge < -0.3 is 4.74 Å². The zero-order valence-corrected chi connectivity index (χ0v) is 11.8. The maximum Gasteiger partial charge on any atom is 0.309 e. The molecule has 1 aliphatic heterocycles. The molecule has 0 amide bonds. The number of hydrogen-bond donors (Lipinski definition) is 0. The van der Waals surface area contributed by atoms with Gasteiger partial charge >= 0.3 is 5.97 Å². The van der Waals surface area contributed by atoms with Crippen LogP contribution in [0.1, 0.15) is 31.4 Å². The summed E-state index contributed by atoms with van der Waals surface area (Å²) in [6, 6.07) is 11.9. The molecule has 1 saturated heterocycles. The number of nitrogens with zero attached hydrogens (tertiary/aromatic N) is 2. The summed E-state index contributed by atoms with van der Waals surface area (Å²) in [5.41, 5.74) is 1.02. The molecule has 0 N–H and O–H groups in total. The van der Waals surface area contributed by atoms with Crippen molar-refractivity contribution in [3.63, 3.8) is 0 Å². The number of rotatable bonds is 4. The Labute approximate surface area is 120 Å². The lowest BCUT2D eigenvalue weighted by atomic mass is 9.94. The number of hydrogen-bond acceptors (Lipinski definition) is 4. The van der Waals surface area contributed by atoms with E-state index in [1.165, 1.54) is 0 Å². The van der Waals surface area contributed by atoms with Gasteiger partial charge in [-0.05, 0) is 25.3 Å². The van der Waals surface area contributed by atoms with E-state index in [-0.39, 0.29) is 17.9 Å². The number of ether oxygens (including phenoxy) is 1. The van der Waals surface area contributed by atoms with Crippen molar-refractivity contribution in [2.45, 2.75) is 25.8 Å². The van der Waals surface area contributed by atoms with Crippen molar-refractivity contribution in [1.29, 1.82) is 5.26 Å².